The summed E-state index contributed by atoms with van der Waals surface area (Å²) in [5.41, 5.74) is 6.07. The van der Waals surface area contributed by atoms with Crippen molar-refractivity contribution < 1.29 is 9.53 Å². The molecule has 0 bridgehead atoms. The van der Waals surface area contributed by atoms with Gasteiger partial charge in [0.25, 0.3) is 5.91 Å². The second-order valence-corrected chi connectivity index (χ2v) is 6.83. The van der Waals surface area contributed by atoms with Crippen molar-refractivity contribution in [1.82, 2.24) is 9.88 Å². The number of nitrogens with zero attached hydrogens (tertiary/aromatic N) is 2. The molecule has 6 heteroatoms. The molecule has 2 rings (SSSR count). The third-order valence-electron chi connectivity index (χ3n) is 3.52. The predicted molar refractivity (Wildman–Crippen MR) is 84.6 cm³/mol. The van der Waals surface area contributed by atoms with Crippen molar-refractivity contribution in [3.8, 4) is 0 Å². The zero-order chi connectivity index (χ0) is 15.2. The van der Waals surface area contributed by atoms with E-state index in [4.69, 9.17) is 10.5 Å². The molecule has 0 radical (unpaired) electrons. The molecule has 0 aromatic carbocycles. The number of nitrogens with two attached hydrogens (primary N) is 1. The monoisotopic (exact) mass is 311 g/mol. The number of carbonyl (C=O) groups excluding carboxylic acids is 1. The third kappa shape index (κ3) is 4.76. The molecule has 2 N–H and O–H groups in total. The molecule has 1 amide bonds. The van der Waals surface area contributed by atoms with Gasteiger partial charge in [-0.15, -0.1) is 11.3 Å². The number of ether oxygens (including phenoxy) is 1. The van der Waals surface area contributed by atoms with Gasteiger partial charge in [-0.2, -0.15) is 0 Å². The topological polar surface area (TPSA) is 68.5 Å². The van der Waals surface area contributed by atoms with Crippen LogP contribution in [-0.4, -0.2) is 48.1 Å². The number of piperidine rings is 1. The fraction of sp³-hybridized carbons (Fsp3) is 0.733. The number of amides is 1. The quantitative estimate of drug-likeness (QED) is 0.871. The molecule has 1 aromatic rings. The van der Waals surface area contributed by atoms with E-state index in [1.165, 1.54) is 11.3 Å². The Kier molecular flexibility index (Phi) is 6.14. The maximum Gasteiger partial charge on any atom is 0.273 e. The molecular formula is C15H25N3O2S. The molecule has 0 unspecified atom stereocenters. The predicted octanol–water partition coefficient (Wildman–Crippen LogP) is 1.92. The zero-order valence-corrected chi connectivity index (χ0v) is 13.7. The summed E-state index contributed by atoms with van der Waals surface area (Å²) in [6, 6.07) is 0. The average molecular weight is 311 g/mol. The summed E-state index contributed by atoms with van der Waals surface area (Å²) < 4.78 is 5.85. The average Bonchev–Trinajstić information content (AvgIpc) is 2.94. The molecule has 0 spiro atoms. The fourth-order valence-electron chi connectivity index (χ4n) is 2.36. The maximum atomic E-state index is 12.4. The third-order valence-corrected chi connectivity index (χ3v) is 4.43. The molecule has 1 saturated heterocycles. The van der Waals surface area contributed by atoms with Crippen LogP contribution in [-0.2, 0) is 11.2 Å². The van der Waals surface area contributed by atoms with Crippen molar-refractivity contribution in [1.29, 1.82) is 0 Å². The van der Waals surface area contributed by atoms with Crippen LogP contribution < -0.4 is 5.73 Å². The van der Waals surface area contributed by atoms with Crippen molar-refractivity contribution in [2.75, 3.05) is 26.2 Å². The lowest BCUT2D eigenvalue weighted by Crippen LogP contribution is -2.41. The van der Waals surface area contributed by atoms with Crippen LogP contribution >= 0.6 is 11.3 Å². The lowest BCUT2D eigenvalue weighted by atomic mass is 10.1. The SMILES string of the molecule is CC(C)COC1CCN(C(=O)c2csc(CCN)n2)CC1. The molecule has 0 aliphatic carbocycles. The van der Waals surface area contributed by atoms with E-state index in [0.29, 0.717) is 24.3 Å². The largest absolute Gasteiger partial charge is 0.378 e. The van der Waals surface area contributed by atoms with Gasteiger partial charge in [-0.25, -0.2) is 4.98 Å². The Morgan fingerprint density at radius 2 is 2.24 bits per heavy atom. The zero-order valence-electron chi connectivity index (χ0n) is 12.9. The van der Waals surface area contributed by atoms with Crippen LogP contribution in [0.3, 0.4) is 0 Å². The minimum absolute atomic E-state index is 0.0387. The van der Waals surface area contributed by atoms with E-state index in [-0.39, 0.29) is 5.91 Å². The second kappa shape index (κ2) is 7.87. The molecule has 118 valence electrons. The van der Waals surface area contributed by atoms with Crippen LogP contribution in [0.5, 0.6) is 0 Å². The summed E-state index contributed by atoms with van der Waals surface area (Å²) in [4.78, 5) is 18.6. The van der Waals surface area contributed by atoms with Crippen molar-refractivity contribution in [3.63, 3.8) is 0 Å². The molecule has 0 atom stereocenters. The number of aromatic nitrogens is 1. The fourth-order valence-corrected chi connectivity index (χ4v) is 3.15. The van der Waals surface area contributed by atoms with Crippen LogP contribution in [0.1, 0.15) is 42.2 Å². The van der Waals surface area contributed by atoms with Gasteiger partial charge in [0.2, 0.25) is 0 Å². The van der Waals surface area contributed by atoms with Crippen molar-refractivity contribution in [2.45, 2.75) is 39.2 Å². The van der Waals surface area contributed by atoms with E-state index in [1.807, 2.05) is 10.3 Å². The first kappa shape index (κ1) is 16.4. The van der Waals surface area contributed by atoms with Crippen LogP contribution in [0.2, 0.25) is 0 Å². The summed E-state index contributed by atoms with van der Waals surface area (Å²) in [5, 5.41) is 2.78. The van der Waals surface area contributed by atoms with E-state index in [0.717, 1.165) is 44.0 Å². The van der Waals surface area contributed by atoms with Crippen LogP contribution in [0.15, 0.2) is 5.38 Å². The van der Waals surface area contributed by atoms with Gasteiger partial charge in [-0.1, -0.05) is 13.8 Å². The Bertz CT molecular complexity index is 454. The molecule has 1 aliphatic rings. The molecule has 1 aliphatic heterocycles. The Hall–Kier alpha value is -0.980. The van der Waals surface area contributed by atoms with Crippen LogP contribution in [0.4, 0.5) is 0 Å². The van der Waals surface area contributed by atoms with Gasteiger partial charge in [0.05, 0.1) is 11.1 Å². The summed E-state index contributed by atoms with van der Waals surface area (Å²) in [7, 11) is 0. The number of carbonyl (C=O) groups is 1. The highest BCUT2D eigenvalue weighted by Gasteiger charge is 2.25. The molecule has 5 nitrogen and oxygen atoms in total. The maximum absolute atomic E-state index is 12.4. The standard InChI is InChI=1S/C15H25N3O2S/c1-11(2)9-20-12-4-7-18(8-5-12)15(19)13-10-21-14(17-13)3-6-16/h10-12H,3-9,16H2,1-2H3. The lowest BCUT2D eigenvalue weighted by Gasteiger charge is -2.31. The number of hydrogen-bond acceptors (Lipinski definition) is 5. The van der Waals surface area contributed by atoms with E-state index in [2.05, 4.69) is 18.8 Å². The number of likely N-dealkylation sites (tertiary alicyclic amines) is 1. The lowest BCUT2D eigenvalue weighted by molar-refractivity contribution is -0.00241. The highest BCUT2D eigenvalue weighted by molar-refractivity contribution is 7.09. The van der Waals surface area contributed by atoms with Crippen LogP contribution in [0, 0.1) is 5.92 Å². The van der Waals surface area contributed by atoms with Gasteiger partial charge in [-0.05, 0) is 25.3 Å². The van der Waals surface area contributed by atoms with Crippen LogP contribution in [0.25, 0.3) is 0 Å². The smallest absolute Gasteiger partial charge is 0.273 e. The summed E-state index contributed by atoms with van der Waals surface area (Å²) in [6.07, 6.45) is 2.86. The Balaban J connectivity index is 1.82. The summed E-state index contributed by atoms with van der Waals surface area (Å²) in [6.45, 7) is 7.18. The van der Waals surface area contributed by atoms with E-state index in [9.17, 15) is 4.79 Å². The van der Waals surface area contributed by atoms with Gasteiger partial charge < -0.3 is 15.4 Å². The molecule has 21 heavy (non-hydrogen) atoms. The molecule has 1 fully saturated rings. The Morgan fingerprint density at radius 3 is 2.86 bits per heavy atom. The summed E-state index contributed by atoms with van der Waals surface area (Å²) in [5.74, 6) is 0.595. The van der Waals surface area contributed by atoms with Gasteiger partial charge >= 0.3 is 0 Å². The Labute approximate surface area is 130 Å². The van der Waals surface area contributed by atoms with Crippen molar-refractivity contribution in [3.05, 3.63) is 16.1 Å². The molecule has 1 aromatic heterocycles. The van der Waals surface area contributed by atoms with Crippen molar-refractivity contribution in [2.24, 2.45) is 11.7 Å². The summed E-state index contributed by atoms with van der Waals surface area (Å²) >= 11 is 1.52. The number of thiazole rings is 1. The highest BCUT2D eigenvalue weighted by Crippen LogP contribution is 2.18. The minimum Gasteiger partial charge on any atom is -0.378 e. The Morgan fingerprint density at radius 1 is 1.52 bits per heavy atom. The molecule has 2 heterocycles. The van der Waals surface area contributed by atoms with Crippen molar-refractivity contribution >= 4 is 17.2 Å². The first-order chi connectivity index (χ1) is 10.1. The normalized spacial score (nSPS) is 16.7. The van der Waals surface area contributed by atoms with Gasteiger partial charge in [-0.3, -0.25) is 4.79 Å². The first-order valence-corrected chi connectivity index (χ1v) is 8.53. The van der Waals surface area contributed by atoms with Gasteiger partial charge in [0.1, 0.15) is 5.69 Å². The number of hydrogen-bond donors (Lipinski definition) is 1. The molecular weight excluding hydrogens is 286 g/mol. The van der Waals surface area contributed by atoms with E-state index in [1.54, 1.807) is 0 Å². The molecule has 0 saturated carbocycles. The number of rotatable bonds is 6. The second-order valence-electron chi connectivity index (χ2n) is 5.88. The highest BCUT2D eigenvalue weighted by atomic mass is 32.1. The van der Waals surface area contributed by atoms with Gasteiger partial charge in [0, 0.05) is 31.5 Å². The van der Waals surface area contributed by atoms with E-state index >= 15 is 0 Å². The minimum atomic E-state index is 0.0387. The van der Waals surface area contributed by atoms with Gasteiger partial charge in [0.15, 0.2) is 0 Å². The first-order valence-electron chi connectivity index (χ1n) is 7.65. The van der Waals surface area contributed by atoms with E-state index < -0.39 is 0 Å².